The van der Waals surface area contributed by atoms with E-state index in [0.717, 1.165) is 31.1 Å². The highest BCUT2D eigenvalue weighted by Crippen LogP contribution is 2.28. The van der Waals surface area contributed by atoms with Gasteiger partial charge in [-0.25, -0.2) is 9.78 Å². The molecule has 0 aliphatic carbocycles. The average molecular weight is 283 g/mol. The number of piperidine rings is 1. The Hall–Kier alpha value is -1.30. The fraction of sp³-hybridized carbons (Fsp3) is 0.692. The van der Waals surface area contributed by atoms with Gasteiger partial charge in [-0.3, -0.25) is 0 Å². The van der Waals surface area contributed by atoms with Crippen LogP contribution in [0.5, 0.6) is 0 Å². The van der Waals surface area contributed by atoms with Crippen LogP contribution in [-0.2, 0) is 0 Å². The maximum atomic E-state index is 10.9. The summed E-state index contributed by atoms with van der Waals surface area (Å²) in [6.45, 7) is 6.08. The van der Waals surface area contributed by atoms with Gasteiger partial charge in [0.2, 0.25) is 0 Å². The number of aromatic nitrogens is 1. The minimum Gasteiger partial charge on any atom is -0.465 e. The molecule has 2 rings (SSSR count). The van der Waals surface area contributed by atoms with Gasteiger partial charge in [0.1, 0.15) is 0 Å². The lowest BCUT2D eigenvalue weighted by Gasteiger charge is -2.37. The molecule has 6 heteroatoms. The van der Waals surface area contributed by atoms with Gasteiger partial charge in [-0.15, -0.1) is 11.3 Å². The number of nitrogens with zero attached hydrogens (tertiary/aromatic N) is 2. The molecule has 1 aliphatic heterocycles. The Bertz CT molecular complexity index is 400. The minimum absolute atomic E-state index is 0.0518. The smallest absolute Gasteiger partial charge is 0.404 e. The molecule has 1 unspecified atom stereocenters. The van der Waals surface area contributed by atoms with Crippen molar-refractivity contribution in [2.75, 3.05) is 18.0 Å². The van der Waals surface area contributed by atoms with E-state index >= 15 is 0 Å². The quantitative estimate of drug-likeness (QED) is 0.891. The van der Waals surface area contributed by atoms with Gasteiger partial charge in [-0.2, -0.15) is 0 Å². The molecule has 2 heterocycles. The van der Waals surface area contributed by atoms with E-state index in [1.807, 2.05) is 11.6 Å². The zero-order valence-electron chi connectivity index (χ0n) is 11.4. The Labute approximate surface area is 117 Å². The van der Waals surface area contributed by atoms with Gasteiger partial charge < -0.3 is 15.3 Å². The predicted octanol–water partition coefficient (Wildman–Crippen LogP) is 2.65. The Morgan fingerprint density at radius 2 is 2.21 bits per heavy atom. The van der Waals surface area contributed by atoms with Gasteiger partial charge in [0, 0.05) is 30.7 Å². The molecule has 106 valence electrons. The number of hydrogen-bond acceptors (Lipinski definition) is 4. The van der Waals surface area contributed by atoms with Crippen LogP contribution in [0.25, 0.3) is 0 Å². The van der Waals surface area contributed by atoms with Crippen LogP contribution in [0.4, 0.5) is 9.93 Å². The molecule has 1 saturated heterocycles. The Balaban J connectivity index is 1.92. The Morgan fingerprint density at radius 3 is 2.68 bits per heavy atom. The van der Waals surface area contributed by atoms with Crippen LogP contribution in [0.2, 0.25) is 0 Å². The molecular formula is C13H21N3O2S. The van der Waals surface area contributed by atoms with E-state index in [4.69, 9.17) is 5.11 Å². The Kier molecular flexibility index (Phi) is 4.63. The zero-order valence-corrected chi connectivity index (χ0v) is 12.2. The fourth-order valence-electron chi connectivity index (χ4n) is 2.79. The van der Waals surface area contributed by atoms with Crippen molar-refractivity contribution in [1.82, 2.24) is 10.3 Å². The number of carboxylic acid groups (broad SMARTS) is 1. The minimum atomic E-state index is -0.916. The maximum absolute atomic E-state index is 10.9. The molecule has 1 fully saturated rings. The van der Waals surface area contributed by atoms with E-state index in [1.54, 1.807) is 11.3 Å². The lowest BCUT2D eigenvalue weighted by molar-refractivity contribution is 0.170. The largest absolute Gasteiger partial charge is 0.465 e. The van der Waals surface area contributed by atoms with E-state index < -0.39 is 6.09 Å². The van der Waals surface area contributed by atoms with E-state index in [2.05, 4.69) is 29.0 Å². The first-order chi connectivity index (χ1) is 9.08. The van der Waals surface area contributed by atoms with Gasteiger partial charge in [0.05, 0.1) is 0 Å². The predicted molar refractivity (Wildman–Crippen MR) is 76.8 cm³/mol. The number of anilines is 1. The zero-order chi connectivity index (χ0) is 13.8. The summed E-state index contributed by atoms with van der Waals surface area (Å²) in [7, 11) is 0. The summed E-state index contributed by atoms with van der Waals surface area (Å²) < 4.78 is 0. The SMILES string of the molecule is CC(C)C(NC(=O)O)C1CCN(c2nccs2)CC1. The molecule has 1 amide bonds. The molecule has 2 N–H and O–H groups in total. The maximum Gasteiger partial charge on any atom is 0.404 e. The van der Waals surface area contributed by atoms with Crippen molar-refractivity contribution >= 4 is 22.6 Å². The second-order valence-electron chi connectivity index (χ2n) is 5.36. The summed E-state index contributed by atoms with van der Waals surface area (Å²) in [5, 5.41) is 14.7. The molecule has 0 radical (unpaired) electrons. The van der Waals surface area contributed by atoms with Crippen LogP contribution >= 0.6 is 11.3 Å². The van der Waals surface area contributed by atoms with Crippen LogP contribution in [0.1, 0.15) is 26.7 Å². The first-order valence-corrected chi connectivity index (χ1v) is 7.59. The fourth-order valence-corrected chi connectivity index (χ4v) is 3.49. The summed E-state index contributed by atoms with van der Waals surface area (Å²) in [5.41, 5.74) is 0. The highest BCUT2D eigenvalue weighted by atomic mass is 32.1. The van der Waals surface area contributed by atoms with Crippen molar-refractivity contribution in [3.63, 3.8) is 0 Å². The van der Waals surface area contributed by atoms with Crippen molar-refractivity contribution in [2.24, 2.45) is 11.8 Å². The van der Waals surface area contributed by atoms with E-state index in [0.29, 0.717) is 11.8 Å². The molecule has 0 bridgehead atoms. The lowest BCUT2D eigenvalue weighted by Crippen LogP contribution is -2.47. The van der Waals surface area contributed by atoms with Gasteiger partial charge in [0.25, 0.3) is 0 Å². The third kappa shape index (κ3) is 3.59. The topological polar surface area (TPSA) is 65.5 Å². The molecule has 1 atom stereocenters. The van der Waals surface area contributed by atoms with Crippen LogP contribution < -0.4 is 10.2 Å². The van der Waals surface area contributed by atoms with Crippen molar-refractivity contribution < 1.29 is 9.90 Å². The normalized spacial score (nSPS) is 18.6. The first kappa shape index (κ1) is 14.1. The van der Waals surface area contributed by atoms with E-state index in [1.165, 1.54) is 0 Å². The van der Waals surface area contributed by atoms with Gasteiger partial charge in [0.15, 0.2) is 5.13 Å². The standard InChI is InChI=1S/C13H21N3O2S/c1-9(2)11(15-13(17)18)10-3-6-16(7-4-10)12-14-5-8-19-12/h5,8-11,15H,3-4,6-7H2,1-2H3,(H,17,18). The van der Waals surface area contributed by atoms with Gasteiger partial charge in [-0.1, -0.05) is 13.8 Å². The van der Waals surface area contributed by atoms with Gasteiger partial charge in [-0.05, 0) is 24.7 Å². The van der Waals surface area contributed by atoms with E-state index in [9.17, 15) is 4.79 Å². The lowest BCUT2D eigenvalue weighted by atomic mass is 9.83. The third-order valence-electron chi connectivity index (χ3n) is 3.75. The monoisotopic (exact) mass is 283 g/mol. The number of amides is 1. The van der Waals surface area contributed by atoms with Crippen molar-refractivity contribution in [3.8, 4) is 0 Å². The highest BCUT2D eigenvalue weighted by molar-refractivity contribution is 7.13. The summed E-state index contributed by atoms with van der Waals surface area (Å²) in [4.78, 5) is 17.5. The molecule has 0 saturated carbocycles. The molecule has 1 aromatic heterocycles. The number of hydrogen-bond donors (Lipinski definition) is 2. The molecular weight excluding hydrogens is 262 g/mol. The number of rotatable bonds is 4. The van der Waals surface area contributed by atoms with Crippen LogP contribution in [-0.4, -0.2) is 35.3 Å². The molecule has 19 heavy (non-hydrogen) atoms. The van der Waals surface area contributed by atoms with Crippen LogP contribution in [0.3, 0.4) is 0 Å². The molecule has 5 nitrogen and oxygen atoms in total. The second kappa shape index (κ2) is 6.23. The van der Waals surface area contributed by atoms with Crippen LogP contribution in [0.15, 0.2) is 11.6 Å². The number of thiazole rings is 1. The molecule has 1 aromatic rings. The van der Waals surface area contributed by atoms with Gasteiger partial charge >= 0.3 is 6.09 Å². The summed E-state index contributed by atoms with van der Waals surface area (Å²) >= 11 is 1.66. The van der Waals surface area contributed by atoms with Crippen molar-refractivity contribution in [3.05, 3.63) is 11.6 Å². The van der Waals surface area contributed by atoms with E-state index in [-0.39, 0.29) is 6.04 Å². The average Bonchev–Trinajstić information content (AvgIpc) is 2.89. The molecule has 1 aliphatic rings. The number of carbonyl (C=O) groups is 1. The summed E-state index contributed by atoms with van der Waals surface area (Å²) in [6.07, 6.45) is 2.95. The summed E-state index contributed by atoms with van der Waals surface area (Å²) in [5.74, 6) is 0.750. The summed E-state index contributed by atoms with van der Waals surface area (Å²) in [6, 6.07) is 0.0518. The van der Waals surface area contributed by atoms with Crippen molar-refractivity contribution in [2.45, 2.75) is 32.7 Å². The number of nitrogens with one attached hydrogen (secondary N) is 1. The first-order valence-electron chi connectivity index (χ1n) is 6.72. The second-order valence-corrected chi connectivity index (χ2v) is 6.23. The third-order valence-corrected chi connectivity index (χ3v) is 4.58. The Morgan fingerprint density at radius 1 is 1.53 bits per heavy atom. The van der Waals surface area contributed by atoms with Crippen LogP contribution in [0, 0.1) is 11.8 Å². The highest BCUT2D eigenvalue weighted by Gasteiger charge is 2.30. The molecule has 0 aromatic carbocycles. The van der Waals surface area contributed by atoms with Crippen molar-refractivity contribution in [1.29, 1.82) is 0 Å². The molecule has 0 spiro atoms.